The van der Waals surface area contributed by atoms with Crippen molar-refractivity contribution in [3.05, 3.63) is 36.5 Å². The lowest BCUT2D eigenvalue weighted by atomic mass is 10.2. The van der Waals surface area contributed by atoms with Gasteiger partial charge in [0.25, 0.3) is 0 Å². The average Bonchev–Trinajstić information content (AvgIpc) is 2.78. The zero-order valence-electron chi connectivity index (χ0n) is 11.5. The second-order valence-corrected chi connectivity index (χ2v) is 3.38. The number of benzene rings is 1. The zero-order chi connectivity index (χ0) is 12.6. The van der Waals surface area contributed by atoms with E-state index in [-0.39, 0.29) is 0 Å². The van der Waals surface area contributed by atoms with Crippen LogP contribution < -0.4 is 0 Å². The normalized spacial score (nSPS) is 9.19. The van der Waals surface area contributed by atoms with E-state index in [2.05, 4.69) is 54.9 Å². The van der Waals surface area contributed by atoms with Gasteiger partial charge in [0.2, 0.25) is 0 Å². The second kappa shape index (κ2) is 7.98. The number of rotatable bonds is 1. The van der Waals surface area contributed by atoms with Crippen LogP contribution in [-0.4, -0.2) is 4.57 Å². The minimum atomic E-state index is 0.546. The van der Waals surface area contributed by atoms with Crippen molar-refractivity contribution in [2.75, 3.05) is 0 Å². The number of hydrogen-bond donors (Lipinski definition) is 0. The molecule has 0 N–H and O–H groups in total. The molecule has 0 amide bonds. The van der Waals surface area contributed by atoms with Crippen molar-refractivity contribution in [2.24, 2.45) is 0 Å². The van der Waals surface area contributed by atoms with Gasteiger partial charge in [-0.25, -0.2) is 0 Å². The topological polar surface area (TPSA) is 4.93 Å². The van der Waals surface area contributed by atoms with Gasteiger partial charge < -0.3 is 4.57 Å². The molecule has 0 unspecified atom stereocenters. The summed E-state index contributed by atoms with van der Waals surface area (Å²) in [7, 11) is 0. The highest BCUT2D eigenvalue weighted by atomic mass is 15.0. The van der Waals surface area contributed by atoms with Crippen LogP contribution in [0.2, 0.25) is 0 Å². The number of para-hydroxylation sites is 1. The Kier molecular flexibility index (Phi) is 7.36. The van der Waals surface area contributed by atoms with E-state index in [1.54, 1.807) is 0 Å². The second-order valence-electron chi connectivity index (χ2n) is 3.38. The average molecular weight is 219 g/mol. The molecular weight excluding hydrogens is 194 g/mol. The van der Waals surface area contributed by atoms with Crippen molar-refractivity contribution in [1.82, 2.24) is 4.57 Å². The molecule has 0 spiro atoms. The summed E-state index contributed by atoms with van der Waals surface area (Å²) in [5, 5.41) is 1.33. The summed E-state index contributed by atoms with van der Waals surface area (Å²) in [6.07, 6.45) is 2.15. The Morgan fingerprint density at radius 2 is 1.44 bits per heavy atom. The fourth-order valence-corrected chi connectivity index (χ4v) is 1.55. The van der Waals surface area contributed by atoms with Gasteiger partial charge in [-0.15, -0.1) is 0 Å². The smallest absolute Gasteiger partial charge is 0.0482 e. The van der Waals surface area contributed by atoms with E-state index in [4.69, 9.17) is 0 Å². The van der Waals surface area contributed by atoms with E-state index in [0.717, 1.165) is 0 Å². The Morgan fingerprint density at radius 3 is 2.00 bits per heavy atom. The number of hydrogen-bond acceptors (Lipinski definition) is 0. The lowest BCUT2D eigenvalue weighted by molar-refractivity contribution is 0.623. The first-order valence-electron chi connectivity index (χ1n) is 6.34. The summed E-state index contributed by atoms with van der Waals surface area (Å²) in [6.45, 7) is 12.4. The summed E-state index contributed by atoms with van der Waals surface area (Å²) in [5.74, 6) is 0. The highest BCUT2D eigenvalue weighted by molar-refractivity contribution is 5.80. The van der Waals surface area contributed by atoms with Crippen LogP contribution in [0.3, 0.4) is 0 Å². The zero-order valence-corrected chi connectivity index (χ0v) is 11.5. The molecule has 0 saturated carbocycles. The van der Waals surface area contributed by atoms with Crippen LogP contribution >= 0.6 is 0 Å². The summed E-state index contributed by atoms with van der Waals surface area (Å²) < 4.78 is 2.29. The monoisotopic (exact) mass is 219 g/mol. The van der Waals surface area contributed by atoms with Crippen LogP contribution in [0.5, 0.6) is 0 Å². The van der Waals surface area contributed by atoms with Gasteiger partial charge in [-0.2, -0.15) is 0 Å². The molecule has 1 aromatic heterocycles. The van der Waals surface area contributed by atoms with E-state index in [1.165, 1.54) is 10.9 Å². The Morgan fingerprint density at radius 1 is 0.875 bits per heavy atom. The standard InChI is InChI=1S/C11H13N.2C2H6/c1-9(2)12-8-7-10-5-3-4-6-11(10)12;2*1-2/h3-9H,1-2H3;2*1-2H3. The lowest BCUT2D eigenvalue weighted by Crippen LogP contribution is -1.97. The van der Waals surface area contributed by atoms with Crippen molar-refractivity contribution >= 4 is 10.9 Å². The molecule has 0 saturated heterocycles. The first-order chi connectivity index (χ1) is 7.79. The van der Waals surface area contributed by atoms with Crippen LogP contribution in [0, 0.1) is 0 Å². The molecule has 0 bridgehead atoms. The third-order valence-corrected chi connectivity index (χ3v) is 2.19. The molecule has 0 radical (unpaired) electrons. The van der Waals surface area contributed by atoms with Crippen molar-refractivity contribution in [3.63, 3.8) is 0 Å². The van der Waals surface area contributed by atoms with Crippen LogP contribution in [0.15, 0.2) is 36.5 Å². The van der Waals surface area contributed by atoms with Crippen LogP contribution in [0.25, 0.3) is 10.9 Å². The molecule has 2 rings (SSSR count). The predicted octanol–water partition coefficient (Wildman–Crippen LogP) is 5.27. The molecule has 0 aliphatic rings. The number of nitrogens with zero attached hydrogens (tertiary/aromatic N) is 1. The van der Waals surface area contributed by atoms with Gasteiger partial charge in [-0.3, -0.25) is 0 Å². The number of fused-ring (bicyclic) bond motifs is 1. The fraction of sp³-hybridized carbons (Fsp3) is 0.467. The fourth-order valence-electron chi connectivity index (χ4n) is 1.55. The molecule has 0 atom stereocenters. The maximum Gasteiger partial charge on any atom is 0.0482 e. The van der Waals surface area contributed by atoms with E-state index in [0.29, 0.717) is 6.04 Å². The highest BCUT2D eigenvalue weighted by Crippen LogP contribution is 2.18. The van der Waals surface area contributed by atoms with E-state index < -0.39 is 0 Å². The van der Waals surface area contributed by atoms with E-state index in [1.807, 2.05) is 27.7 Å². The van der Waals surface area contributed by atoms with Crippen LogP contribution in [0.1, 0.15) is 47.6 Å². The van der Waals surface area contributed by atoms with Crippen molar-refractivity contribution in [2.45, 2.75) is 47.6 Å². The number of aromatic nitrogens is 1. The van der Waals surface area contributed by atoms with Crippen molar-refractivity contribution < 1.29 is 0 Å². The Balaban J connectivity index is 0.000000509. The molecule has 0 aliphatic carbocycles. The minimum absolute atomic E-state index is 0.546. The van der Waals surface area contributed by atoms with Gasteiger partial charge in [0.15, 0.2) is 0 Å². The summed E-state index contributed by atoms with van der Waals surface area (Å²) >= 11 is 0. The summed E-state index contributed by atoms with van der Waals surface area (Å²) in [4.78, 5) is 0. The van der Waals surface area contributed by atoms with Gasteiger partial charge in [0.1, 0.15) is 0 Å². The molecule has 0 fully saturated rings. The van der Waals surface area contributed by atoms with E-state index in [9.17, 15) is 0 Å². The third-order valence-electron chi connectivity index (χ3n) is 2.19. The predicted molar refractivity (Wildman–Crippen MR) is 75.0 cm³/mol. The SMILES string of the molecule is CC.CC.CC(C)n1ccc2ccccc21. The van der Waals surface area contributed by atoms with Gasteiger partial charge in [-0.05, 0) is 31.4 Å². The molecule has 1 heterocycles. The molecule has 0 aliphatic heterocycles. The van der Waals surface area contributed by atoms with Crippen molar-refractivity contribution in [1.29, 1.82) is 0 Å². The molecule has 1 aromatic carbocycles. The largest absolute Gasteiger partial charge is 0.345 e. The Bertz CT molecular complexity index is 385. The first kappa shape index (κ1) is 14.8. The Labute approximate surface area is 100 Å². The van der Waals surface area contributed by atoms with Crippen molar-refractivity contribution in [3.8, 4) is 0 Å². The maximum absolute atomic E-state index is 2.29. The van der Waals surface area contributed by atoms with Gasteiger partial charge in [0.05, 0.1) is 0 Å². The molecule has 2 aromatic rings. The minimum Gasteiger partial charge on any atom is -0.345 e. The molecule has 90 valence electrons. The molecule has 1 nitrogen and oxygen atoms in total. The molecular formula is C15H25N. The van der Waals surface area contributed by atoms with Crippen LogP contribution in [-0.2, 0) is 0 Å². The Hall–Kier alpha value is -1.24. The quantitative estimate of drug-likeness (QED) is 0.615. The summed E-state index contributed by atoms with van der Waals surface area (Å²) in [6, 6.07) is 11.2. The van der Waals surface area contributed by atoms with E-state index >= 15 is 0 Å². The third kappa shape index (κ3) is 3.41. The first-order valence-corrected chi connectivity index (χ1v) is 6.34. The summed E-state index contributed by atoms with van der Waals surface area (Å²) in [5.41, 5.74) is 1.33. The van der Waals surface area contributed by atoms with Gasteiger partial charge in [0, 0.05) is 17.8 Å². The molecule has 16 heavy (non-hydrogen) atoms. The van der Waals surface area contributed by atoms with Gasteiger partial charge >= 0.3 is 0 Å². The van der Waals surface area contributed by atoms with Crippen LogP contribution in [0.4, 0.5) is 0 Å². The molecule has 1 heteroatoms. The highest BCUT2D eigenvalue weighted by Gasteiger charge is 2.01. The van der Waals surface area contributed by atoms with Gasteiger partial charge in [-0.1, -0.05) is 45.9 Å². The maximum atomic E-state index is 2.29. The lowest BCUT2D eigenvalue weighted by Gasteiger charge is -2.08.